The minimum absolute atomic E-state index is 0.121. The lowest BCUT2D eigenvalue weighted by Gasteiger charge is -2.35. The average Bonchev–Trinajstić information content (AvgIpc) is 3.23. The van der Waals surface area contributed by atoms with Gasteiger partial charge in [0.2, 0.25) is 5.71 Å². The molecule has 0 aliphatic heterocycles. The summed E-state index contributed by atoms with van der Waals surface area (Å²) in [6.07, 6.45) is 2.15. The van der Waals surface area contributed by atoms with Crippen molar-refractivity contribution in [3.8, 4) is 28.5 Å². The number of rotatable bonds is 5. The predicted molar refractivity (Wildman–Crippen MR) is 133 cm³/mol. The molecule has 1 aliphatic rings. The maximum absolute atomic E-state index is 13.5. The number of carbonyl (C=O) groups is 2. The van der Waals surface area contributed by atoms with Gasteiger partial charge in [0, 0.05) is 23.7 Å². The third kappa shape index (κ3) is 4.08. The van der Waals surface area contributed by atoms with E-state index in [-0.39, 0.29) is 28.1 Å². The number of pyridine rings is 1. The van der Waals surface area contributed by atoms with Gasteiger partial charge in [0.15, 0.2) is 0 Å². The first kappa shape index (κ1) is 23.5. The van der Waals surface area contributed by atoms with Crippen LogP contribution in [0.3, 0.4) is 0 Å². The molecule has 5 rings (SSSR count). The van der Waals surface area contributed by atoms with E-state index in [9.17, 15) is 19.2 Å². The lowest BCUT2D eigenvalue weighted by molar-refractivity contribution is 0.0880. The molecule has 1 aliphatic carbocycles. The summed E-state index contributed by atoms with van der Waals surface area (Å²) in [5.74, 6) is -0.933. The summed E-state index contributed by atoms with van der Waals surface area (Å²) >= 11 is 6.51. The van der Waals surface area contributed by atoms with Gasteiger partial charge in [0.25, 0.3) is 11.8 Å². The summed E-state index contributed by atoms with van der Waals surface area (Å²) in [4.78, 5) is 30.1. The Morgan fingerprint density at radius 1 is 1.11 bits per heavy atom. The fourth-order valence-corrected chi connectivity index (χ4v) is 4.51. The molecule has 0 spiro atoms. The largest absolute Gasteiger partial charge is 0.437 e. The molecule has 1 fully saturated rings. The van der Waals surface area contributed by atoms with Gasteiger partial charge in [-0.05, 0) is 67.3 Å². The molecule has 0 saturated heterocycles. The van der Waals surface area contributed by atoms with Crippen LogP contribution in [0.2, 0.25) is 5.15 Å². The van der Waals surface area contributed by atoms with Gasteiger partial charge in [-0.1, -0.05) is 23.7 Å². The number of halogens is 2. The molecule has 1 saturated carbocycles. The Morgan fingerprint density at radius 3 is 2.50 bits per heavy atom. The Labute approximate surface area is 210 Å². The molecule has 2 aromatic carbocycles. The van der Waals surface area contributed by atoms with E-state index in [1.807, 2.05) is 0 Å². The van der Waals surface area contributed by atoms with Crippen LogP contribution in [0.5, 0.6) is 0 Å². The molecular weight excluding hydrogens is 483 g/mol. The molecule has 0 radical (unpaired) electrons. The number of benzene rings is 2. The van der Waals surface area contributed by atoms with Gasteiger partial charge >= 0.3 is 0 Å². The molecule has 2 heterocycles. The number of fused-ring (bicyclic) bond motifs is 1. The zero-order valence-corrected chi connectivity index (χ0v) is 19.9. The van der Waals surface area contributed by atoms with Crippen LogP contribution in [0.15, 0.2) is 59.0 Å². The number of nitriles is 1. The van der Waals surface area contributed by atoms with Gasteiger partial charge in [0.05, 0.1) is 17.0 Å². The van der Waals surface area contributed by atoms with Gasteiger partial charge in [-0.25, -0.2) is 9.37 Å². The molecule has 4 aromatic rings. The molecule has 2 N–H and O–H groups in total. The van der Waals surface area contributed by atoms with Crippen molar-refractivity contribution in [2.24, 2.45) is 0 Å². The number of furan rings is 1. The summed E-state index contributed by atoms with van der Waals surface area (Å²) in [5.41, 5.74) is 1.54. The first-order valence-corrected chi connectivity index (χ1v) is 11.7. The maximum Gasteiger partial charge on any atom is 0.255 e. The second kappa shape index (κ2) is 9.10. The van der Waals surface area contributed by atoms with Crippen molar-refractivity contribution in [1.29, 1.82) is 5.26 Å². The second-order valence-electron chi connectivity index (χ2n) is 8.65. The van der Waals surface area contributed by atoms with Crippen molar-refractivity contribution < 1.29 is 18.4 Å². The lowest BCUT2D eigenvalue weighted by Crippen LogP contribution is -2.52. The average molecular weight is 503 g/mol. The first-order chi connectivity index (χ1) is 17.3. The fraction of sp³-hybridized carbons (Fsp3) is 0.185. The highest BCUT2D eigenvalue weighted by molar-refractivity contribution is 6.32. The third-order valence-corrected chi connectivity index (χ3v) is 6.69. The van der Waals surface area contributed by atoms with Gasteiger partial charge < -0.3 is 15.1 Å². The SMILES string of the molecule is CNC(=O)c1c(-c2ccc(F)cc2)oc2nc(Cl)c(-c3cccc(C(=O)NC4(C#N)CCC4)c3)cc12. The van der Waals surface area contributed by atoms with E-state index in [1.165, 1.54) is 31.3 Å². The van der Waals surface area contributed by atoms with E-state index < -0.39 is 17.3 Å². The van der Waals surface area contributed by atoms with Crippen LogP contribution in [-0.2, 0) is 0 Å². The number of hydrogen-bond donors (Lipinski definition) is 2. The summed E-state index contributed by atoms with van der Waals surface area (Å²) in [6, 6.07) is 16.3. The quantitative estimate of drug-likeness (QED) is 0.351. The smallest absolute Gasteiger partial charge is 0.255 e. The summed E-state index contributed by atoms with van der Waals surface area (Å²) in [5, 5.41) is 15.4. The Balaban J connectivity index is 1.59. The highest BCUT2D eigenvalue weighted by Crippen LogP contribution is 2.38. The Kier molecular flexibility index (Phi) is 5.94. The van der Waals surface area contributed by atoms with Crippen molar-refractivity contribution in [3.63, 3.8) is 0 Å². The van der Waals surface area contributed by atoms with E-state index >= 15 is 0 Å². The minimum atomic E-state index is -0.818. The topological polar surface area (TPSA) is 108 Å². The monoisotopic (exact) mass is 502 g/mol. The second-order valence-corrected chi connectivity index (χ2v) is 9.01. The molecule has 9 heteroatoms. The standard InChI is InChI=1S/C27H20ClFN4O3/c1-31-25(35)21-20-13-19(23(28)32-26(20)36-22(21)15-6-8-18(29)9-7-15)16-4-2-5-17(12-16)24(34)33-27(14-30)10-3-11-27/h2,4-9,12-13H,3,10-11H2,1H3,(H,31,35)(H,33,34). The Bertz CT molecular complexity index is 1550. The van der Waals surface area contributed by atoms with Crippen LogP contribution in [0.25, 0.3) is 33.6 Å². The zero-order chi connectivity index (χ0) is 25.4. The number of aromatic nitrogens is 1. The van der Waals surface area contributed by atoms with Crippen LogP contribution in [0.4, 0.5) is 4.39 Å². The van der Waals surface area contributed by atoms with Crippen molar-refractivity contribution >= 4 is 34.5 Å². The van der Waals surface area contributed by atoms with Crippen LogP contribution < -0.4 is 10.6 Å². The van der Waals surface area contributed by atoms with Crippen molar-refractivity contribution in [2.75, 3.05) is 7.05 Å². The first-order valence-electron chi connectivity index (χ1n) is 11.3. The minimum Gasteiger partial charge on any atom is -0.437 e. The summed E-state index contributed by atoms with van der Waals surface area (Å²) < 4.78 is 19.4. The number of nitrogens with one attached hydrogen (secondary N) is 2. The van der Waals surface area contributed by atoms with Crippen molar-refractivity contribution in [3.05, 3.63) is 76.7 Å². The zero-order valence-electron chi connectivity index (χ0n) is 19.2. The molecular formula is C27H20ClFN4O3. The lowest BCUT2D eigenvalue weighted by atomic mass is 9.78. The van der Waals surface area contributed by atoms with Crippen LogP contribution in [-0.4, -0.2) is 29.4 Å². The normalized spacial score (nSPS) is 14.1. The van der Waals surface area contributed by atoms with E-state index in [1.54, 1.807) is 30.3 Å². The molecule has 2 aromatic heterocycles. The molecule has 0 unspecified atom stereocenters. The van der Waals surface area contributed by atoms with Gasteiger partial charge in [-0.3, -0.25) is 9.59 Å². The van der Waals surface area contributed by atoms with Gasteiger partial charge in [-0.15, -0.1) is 0 Å². The highest BCUT2D eigenvalue weighted by Gasteiger charge is 2.38. The van der Waals surface area contributed by atoms with Gasteiger partial charge in [-0.2, -0.15) is 5.26 Å². The summed E-state index contributed by atoms with van der Waals surface area (Å²) in [7, 11) is 1.50. The van der Waals surface area contributed by atoms with Crippen LogP contribution in [0.1, 0.15) is 40.0 Å². The predicted octanol–water partition coefficient (Wildman–Crippen LogP) is 5.49. The van der Waals surface area contributed by atoms with Crippen LogP contribution in [0, 0.1) is 17.1 Å². The Morgan fingerprint density at radius 2 is 1.86 bits per heavy atom. The third-order valence-electron chi connectivity index (χ3n) is 6.41. The van der Waals surface area contributed by atoms with E-state index in [2.05, 4.69) is 21.7 Å². The maximum atomic E-state index is 13.5. The van der Waals surface area contributed by atoms with Crippen molar-refractivity contribution in [1.82, 2.24) is 15.6 Å². The van der Waals surface area contributed by atoms with E-state index in [4.69, 9.17) is 16.0 Å². The number of nitrogens with zero attached hydrogens (tertiary/aromatic N) is 2. The summed E-state index contributed by atoms with van der Waals surface area (Å²) in [6.45, 7) is 0. The molecule has 2 amide bonds. The highest BCUT2D eigenvalue weighted by atomic mass is 35.5. The molecule has 36 heavy (non-hydrogen) atoms. The molecule has 0 atom stereocenters. The molecule has 7 nitrogen and oxygen atoms in total. The number of hydrogen-bond acceptors (Lipinski definition) is 5. The number of carbonyl (C=O) groups excluding carboxylic acids is 2. The number of amides is 2. The van der Waals surface area contributed by atoms with Crippen molar-refractivity contribution in [2.45, 2.75) is 24.8 Å². The van der Waals surface area contributed by atoms with E-state index in [0.29, 0.717) is 40.5 Å². The Hall–Kier alpha value is -4.22. The fourth-order valence-electron chi connectivity index (χ4n) is 4.27. The van der Waals surface area contributed by atoms with E-state index in [0.717, 1.165) is 6.42 Å². The molecule has 0 bridgehead atoms. The van der Waals surface area contributed by atoms with Crippen LogP contribution >= 0.6 is 11.6 Å². The van der Waals surface area contributed by atoms with Gasteiger partial charge in [0.1, 0.15) is 22.3 Å². The molecule has 180 valence electrons.